The molecule has 2 rings (SSSR count). The molecule has 0 saturated carbocycles. The summed E-state index contributed by atoms with van der Waals surface area (Å²) in [7, 11) is 0. The Labute approximate surface area is 228 Å². The van der Waals surface area contributed by atoms with Crippen molar-refractivity contribution in [2.24, 2.45) is 0 Å². The number of aliphatic hydroxyl groups is 3. The van der Waals surface area contributed by atoms with Gasteiger partial charge in [-0.1, -0.05) is 0 Å². The number of non-ortho nitro benzene ring substituents is 2. The Morgan fingerprint density at radius 3 is 1.53 bits per heavy atom. The van der Waals surface area contributed by atoms with Crippen LogP contribution < -0.4 is 63.4 Å². The van der Waals surface area contributed by atoms with Crippen LogP contribution in [0, 0.1) is 31.9 Å². The summed E-state index contributed by atoms with van der Waals surface area (Å²) in [6.07, 6.45) is -1.49. The number of hydrogen-bond acceptors (Lipinski definition) is 13. The molecule has 15 nitrogen and oxygen atoms in total. The van der Waals surface area contributed by atoms with Crippen LogP contribution in [0.25, 0.3) is 0 Å². The molecule has 0 saturated heterocycles. The van der Waals surface area contributed by atoms with Crippen LogP contribution in [0.2, 0.25) is 0 Å². The van der Waals surface area contributed by atoms with Crippen molar-refractivity contribution in [3.8, 4) is 11.5 Å². The number of benzene rings is 2. The molecule has 1 unspecified atom stereocenters. The van der Waals surface area contributed by atoms with Gasteiger partial charge in [0.1, 0.15) is 20.1 Å². The second kappa shape index (κ2) is 16.8. The number of phenolic OH excluding ortho intramolecular Hbond substituents is 2. The monoisotopic (exact) mass is 646 g/mol. The quantitative estimate of drug-likeness (QED) is 0.0810. The zero-order valence-electron chi connectivity index (χ0n) is 18.2. The number of hydrogen-bond donors (Lipinski definition) is 5. The molecule has 0 fully saturated rings. The van der Waals surface area contributed by atoms with Gasteiger partial charge in [0.25, 0.3) is 11.4 Å². The summed E-state index contributed by atoms with van der Waals surface area (Å²) in [5.41, 5.74) is -1.05. The fourth-order valence-corrected chi connectivity index (χ4v) is 2.28. The largest absolute Gasteiger partial charge is 1.00 e. The van der Waals surface area contributed by atoms with E-state index in [0.29, 0.717) is 12.1 Å². The Bertz CT molecular complexity index is 1020. The second-order valence-electron chi connectivity index (χ2n) is 6.28. The van der Waals surface area contributed by atoms with E-state index in [9.17, 15) is 34.1 Å². The number of nitrogens with zero attached hydrogens (tertiary/aromatic N) is 2. The van der Waals surface area contributed by atoms with E-state index >= 15 is 0 Å². The molecular weight excluding hydrogens is 628 g/mol. The van der Waals surface area contributed by atoms with E-state index in [2.05, 4.69) is 0 Å². The van der Waals surface area contributed by atoms with Gasteiger partial charge in [-0.3, -0.25) is 34.0 Å². The van der Waals surface area contributed by atoms with Crippen molar-refractivity contribution in [3.05, 3.63) is 67.3 Å². The van der Waals surface area contributed by atoms with Gasteiger partial charge >= 0.3 is 29.6 Å². The Morgan fingerprint density at radius 1 is 0.833 bits per heavy atom. The molecule has 0 amide bonds. The van der Waals surface area contributed by atoms with Gasteiger partial charge in [0.2, 0.25) is 0 Å². The molecule has 2 aromatic rings. The van der Waals surface area contributed by atoms with Crippen LogP contribution in [-0.4, -0.2) is 54.7 Å². The number of nitro groups is 2. The first-order chi connectivity index (χ1) is 16.0. The molecule has 0 radical (unpaired) electrons. The van der Waals surface area contributed by atoms with Crippen molar-refractivity contribution >= 4 is 11.4 Å². The van der Waals surface area contributed by atoms with Gasteiger partial charge < -0.3 is 25.5 Å². The van der Waals surface area contributed by atoms with E-state index in [1.165, 1.54) is 0 Å². The Hall–Kier alpha value is -1.85. The van der Waals surface area contributed by atoms with Crippen molar-refractivity contribution in [1.29, 1.82) is 0 Å². The van der Waals surface area contributed by atoms with Gasteiger partial charge in [0, 0.05) is 36.3 Å². The van der Waals surface area contributed by atoms with Crippen LogP contribution in [0.3, 0.4) is 0 Å². The molecule has 19 heteroatoms. The van der Waals surface area contributed by atoms with Gasteiger partial charge in [-0.25, -0.2) is 8.78 Å². The average Bonchev–Trinajstić information content (AvgIpc) is 2.73. The average molecular weight is 646 g/mol. The minimum absolute atomic E-state index is 0. The van der Waals surface area contributed by atoms with E-state index in [-0.39, 0.29) is 60.1 Å². The van der Waals surface area contributed by atoms with Gasteiger partial charge in [-0.15, -0.1) is 0 Å². The first-order valence-electron chi connectivity index (χ1n) is 8.84. The molecule has 0 aliphatic heterocycles. The van der Waals surface area contributed by atoms with E-state index in [4.69, 9.17) is 34.2 Å². The molecule has 1 atom stereocenters. The van der Waals surface area contributed by atoms with E-state index in [1.807, 2.05) is 0 Å². The summed E-state index contributed by atoms with van der Waals surface area (Å²) in [6, 6.07) is 3.21. The standard InChI is InChI=1S/C9H10FNO5.C8H8FNO4.IO4.Na/c10-8-3-6(11(15)16)1-5(9(8)14)2-7(13)4-12;9-7-4-6(10(13)14)3-5(1-2-11)8(7)12;2-1(3,4)5;/h1,3,7,12-14H,2,4H2;3-4,11-12H,1-2H2;;/q;;-1;+1. The zero-order valence-corrected chi connectivity index (χ0v) is 22.4. The van der Waals surface area contributed by atoms with Crippen LogP contribution in [0.15, 0.2) is 24.3 Å². The van der Waals surface area contributed by atoms with Crippen LogP contribution in [0.4, 0.5) is 20.2 Å². The topological polar surface area (TPSA) is 280 Å². The fourth-order valence-electron chi connectivity index (χ4n) is 2.28. The van der Waals surface area contributed by atoms with E-state index in [0.717, 1.165) is 12.1 Å². The Kier molecular flexibility index (Phi) is 17.0. The van der Waals surface area contributed by atoms with Crippen LogP contribution >= 0.6 is 0 Å². The summed E-state index contributed by atoms with van der Waals surface area (Å²) < 4.78 is 60.4. The van der Waals surface area contributed by atoms with Crippen molar-refractivity contribution in [2.75, 3.05) is 13.2 Å². The molecular formula is C17H18F2IN2NaO13. The molecule has 0 aromatic heterocycles. The third-order valence-corrected chi connectivity index (χ3v) is 3.72. The predicted molar refractivity (Wildman–Crippen MR) is 97.0 cm³/mol. The van der Waals surface area contributed by atoms with Crippen LogP contribution in [0.1, 0.15) is 11.1 Å². The van der Waals surface area contributed by atoms with Crippen molar-refractivity contribution < 1.29 is 108 Å². The Morgan fingerprint density at radius 2 is 1.19 bits per heavy atom. The smallest absolute Gasteiger partial charge is 0.505 e. The molecule has 0 aliphatic rings. The van der Waals surface area contributed by atoms with Gasteiger partial charge in [0.05, 0.1) is 34.7 Å². The number of rotatable bonds is 7. The fraction of sp³-hybridized carbons (Fsp3) is 0.294. The molecule has 2 aromatic carbocycles. The van der Waals surface area contributed by atoms with Gasteiger partial charge in [-0.2, -0.15) is 0 Å². The summed E-state index contributed by atoms with van der Waals surface area (Å²) in [6.45, 7) is -0.891. The van der Waals surface area contributed by atoms with Crippen molar-refractivity contribution in [3.63, 3.8) is 0 Å². The number of aliphatic hydroxyl groups excluding tert-OH is 3. The maximum absolute atomic E-state index is 13.1. The number of nitro benzene ring substituents is 2. The van der Waals surface area contributed by atoms with Gasteiger partial charge in [-0.05, 0) is 6.42 Å². The summed E-state index contributed by atoms with van der Waals surface area (Å²) in [5.74, 6) is -3.58. The van der Waals surface area contributed by atoms with Crippen LogP contribution in [-0.2, 0) is 12.8 Å². The maximum atomic E-state index is 13.1. The second-order valence-corrected chi connectivity index (χ2v) is 8.43. The summed E-state index contributed by atoms with van der Waals surface area (Å²) >= 11 is -5.94. The summed E-state index contributed by atoms with van der Waals surface area (Å²) in [4.78, 5) is 19.2. The van der Waals surface area contributed by atoms with E-state index < -0.39 is 77.2 Å². The predicted octanol–water partition coefficient (Wildman–Crippen LogP) is -9.44. The summed E-state index contributed by atoms with van der Waals surface area (Å²) in [5, 5.41) is 65.4. The minimum Gasteiger partial charge on any atom is -0.505 e. The van der Waals surface area contributed by atoms with Crippen molar-refractivity contribution in [2.45, 2.75) is 18.9 Å². The first-order valence-corrected chi connectivity index (χ1v) is 12.4. The maximum Gasteiger partial charge on any atom is 1.00 e. The van der Waals surface area contributed by atoms with E-state index in [1.54, 1.807) is 0 Å². The zero-order chi connectivity index (χ0) is 27.5. The SMILES string of the molecule is O=[N+]([O-])c1cc(F)c(O)c(CC(O)CO)c1.O=[N+]([O-])c1cc(F)c(O)c(CCO)c1.[Na+].[O-][I+3]([O-])([O-])[O-]. The number of halogens is 3. The normalized spacial score (nSPS) is 11.1. The molecule has 0 spiro atoms. The molecule has 0 heterocycles. The van der Waals surface area contributed by atoms with Crippen molar-refractivity contribution in [1.82, 2.24) is 0 Å². The molecule has 5 N–H and O–H groups in total. The number of aromatic hydroxyl groups is 2. The first kappa shape index (κ1) is 36.3. The molecule has 36 heavy (non-hydrogen) atoms. The van der Waals surface area contributed by atoms with Crippen LogP contribution in [0.5, 0.6) is 11.5 Å². The molecule has 196 valence electrons. The Balaban J connectivity index is 0. The third-order valence-electron chi connectivity index (χ3n) is 3.72. The minimum atomic E-state index is -5.94. The van der Waals surface area contributed by atoms with Gasteiger partial charge in [0.15, 0.2) is 23.1 Å². The molecule has 0 aliphatic carbocycles. The third kappa shape index (κ3) is 14.0. The number of phenols is 2. The molecule has 0 bridgehead atoms.